The van der Waals surface area contributed by atoms with Crippen LogP contribution in [0.15, 0.2) is 30.3 Å². The second kappa shape index (κ2) is 6.41. The first-order valence-corrected chi connectivity index (χ1v) is 5.71. The largest absolute Gasteiger partial charge is 0.311 e. The summed E-state index contributed by atoms with van der Waals surface area (Å²) >= 11 is 0. The first-order chi connectivity index (χ1) is 7.24. The van der Waals surface area contributed by atoms with Crippen LogP contribution in [0.4, 0.5) is 0 Å². The fraction of sp³-hybridized carbons (Fsp3) is 0.429. The first-order valence-electron chi connectivity index (χ1n) is 5.71. The Balaban J connectivity index is 2.53. The molecule has 0 aliphatic rings. The normalized spacial score (nSPS) is 13.3. The second-order valence-electron chi connectivity index (χ2n) is 3.96. The number of hydrogen-bond acceptors (Lipinski definition) is 1. The molecule has 1 N–H and O–H groups in total. The molecule has 1 atom stereocenters. The third-order valence-corrected chi connectivity index (χ3v) is 2.47. The Kier molecular flexibility index (Phi) is 5.13. The molecule has 0 heterocycles. The fourth-order valence-electron chi connectivity index (χ4n) is 1.46. The first kappa shape index (κ1) is 12.0. The van der Waals surface area contributed by atoms with Gasteiger partial charge in [0.2, 0.25) is 0 Å². The molecule has 1 aromatic rings. The van der Waals surface area contributed by atoms with Gasteiger partial charge in [-0.15, -0.1) is 0 Å². The zero-order valence-corrected chi connectivity index (χ0v) is 9.96. The highest BCUT2D eigenvalue weighted by Crippen LogP contribution is 2.09. The molecule has 0 aliphatic heterocycles. The third kappa shape index (κ3) is 4.30. The van der Waals surface area contributed by atoms with Gasteiger partial charge in [-0.05, 0) is 37.9 Å². The zero-order valence-electron chi connectivity index (χ0n) is 9.96. The molecule has 0 radical (unpaired) electrons. The van der Waals surface area contributed by atoms with E-state index in [2.05, 4.69) is 62.5 Å². The van der Waals surface area contributed by atoms with E-state index >= 15 is 0 Å². The summed E-state index contributed by atoms with van der Waals surface area (Å²) in [7, 11) is 0. The maximum Gasteiger partial charge on any atom is 0.0224 e. The molecule has 1 rings (SSSR count). The summed E-state index contributed by atoms with van der Waals surface area (Å²) in [5.41, 5.74) is 2.64. The average Bonchev–Trinajstić information content (AvgIpc) is 2.25. The van der Waals surface area contributed by atoms with E-state index in [-0.39, 0.29) is 0 Å². The lowest BCUT2D eigenvalue weighted by Gasteiger charge is -2.07. The van der Waals surface area contributed by atoms with Crippen LogP contribution in [0.25, 0.3) is 6.08 Å². The quantitative estimate of drug-likeness (QED) is 0.773. The average molecular weight is 203 g/mol. The van der Waals surface area contributed by atoms with Crippen molar-refractivity contribution in [2.75, 3.05) is 6.54 Å². The highest BCUT2D eigenvalue weighted by atomic mass is 14.9. The number of rotatable bonds is 5. The molecule has 0 aromatic heterocycles. The number of hydrogen-bond donors (Lipinski definition) is 1. The van der Waals surface area contributed by atoms with Crippen LogP contribution in [0, 0.1) is 6.92 Å². The van der Waals surface area contributed by atoms with Crippen molar-refractivity contribution in [3.8, 4) is 0 Å². The topological polar surface area (TPSA) is 12.0 Å². The van der Waals surface area contributed by atoms with Gasteiger partial charge in [-0.3, -0.25) is 0 Å². The van der Waals surface area contributed by atoms with Crippen LogP contribution < -0.4 is 5.32 Å². The molecule has 0 aliphatic carbocycles. The lowest BCUT2D eigenvalue weighted by Crippen LogP contribution is -2.24. The van der Waals surface area contributed by atoms with E-state index in [0.29, 0.717) is 6.04 Å². The number of nitrogens with one attached hydrogen (secondary N) is 1. The Labute approximate surface area is 93.2 Å². The van der Waals surface area contributed by atoms with Gasteiger partial charge in [-0.25, -0.2) is 0 Å². The van der Waals surface area contributed by atoms with Gasteiger partial charge in [0.1, 0.15) is 0 Å². The maximum atomic E-state index is 3.44. The molecule has 1 aromatic carbocycles. The van der Waals surface area contributed by atoms with E-state index in [9.17, 15) is 0 Å². The van der Waals surface area contributed by atoms with Crippen LogP contribution in [0.3, 0.4) is 0 Å². The molecule has 1 nitrogen and oxygen atoms in total. The van der Waals surface area contributed by atoms with Crippen LogP contribution in [0.1, 0.15) is 31.4 Å². The van der Waals surface area contributed by atoms with Gasteiger partial charge in [0, 0.05) is 6.04 Å². The van der Waals surface area contributed by atoms with Gasteiger partial charge in [0.25, 0.3) is 0 Å². The molecular formula is C14H21N. The Morgan fingerprint density at radius 3 is 2.73 bits per heavy atom. The van der Waals surface area contributed by atoms with Crippen molar-refractivity contribution in [1.29, 1.82) is 0 Å². The Morgan fingerprint density at radius 1 is 1.33 bits per heavy atom. The summed E-state index contributed by atoms with van der Waals surface area (Å²) in [5, 5.41) is 3.44. The smallest absolute Gasteiger partial charge is 0.0224 e. The molecular weight excluding hydrogens is 182 g/mol. The molecule has 82 valence electrons. The van der Waals surface area contributed by atoms with Crippen LogP contribution in [-0.2, 0) is 0 Å². The van der Waals surface area contributed by atoms with E-state index in [1.807, 2.05) is 0 Å². The fourth-order valence-corrected chi connectivity index (χ4v) is 1.46. The Bertz CT molecular complexity index is 315. The Morgan fingerprint density at radius 2 is 2.07 bits per heavy atom. The minimum absolute atomic E-state index is 0.449. The lowest BCUT2D eigenvalue weighted by molar-refractivity contribution is 0.625. The van der Waals surface area contributed by atoms with E-state index in [1.165, 1.54) is 17.5 Å². The number of aryl methyl sites for hydroxylation is 1. The molecule has 0 saturated carbocycles. The van der Waals surface area contributed by atoms with Crippen molar-refractivity contribution < 1.29 is 0 Å². The van der Waals surface area contributed by atoms with Crippen LogP contribution in [0.2, 0.25) is 0 Å². The molecule has 0 saturated heterocycles. The summed E-state index contributed by atoms with van der Waals surface area (Å²) in [6.07, 6.45) is 5.60. The highest BCUT2D eigenvalue weighted by Gasteiger charge is 1.95. The summed E-state index contributed by atoms with van der Waals surface area (Å²) in [4.78, 5) is 0. The van der Waals surface area contributed by atoms with Gasteiger partial charge < -0.3 is 5.32 Å². The van der Waals surface area contributed by atoms with E-state index in [0.717, 1.165) is 6.54 Å². The van der Waals surface area contributed by atoms with E-state index in [4.69, 9.17) is 0 Å². The molecule has 0 amide bonds. The molecule has 0 bridgehead atoms. The predicted molar refractivity (Wildman–Crippen MR) is 68.0 cm³/mol. The van der Waals surface area contributed by atoms with Gasteiger partial charge >= 0.3 is 0 Å². The van der Waals surface area contributed by atoms with Crippen molar-refractivity contribution in [2.45, 2.75) is 33.2 Å². The summed E-state index contributed by atoms with van der Waals surface area (Å²) < 4.78 is 0. The second-order valence-corrected chi connectivity index (χ2v) is 3.96. The molecule has 0 fully saturated rings. The van der Waals surface area contributed by atoms with Crippen molar-refractivity contribution >= 4 is 6.08 Å². The molecule has 1 unspecified atom stereocenters. The summed E-state index contributed by atoms with van der Waals surface area (Å²) in [6, 6.07) is 8.90. The van der Waals surface area contributed by atoms with Gasteiger partial charge in [0.05, 0.1) is 0 Å². The predicted octanol–water partition coefficient (Wildman–Crippen LogP) is 3.40. The maximum absolute atomic E-state index is 3.44. The van der Waals surface area contributed by atoms with Gasteiger partial charge in [0.15, 0.2) is 0 Å². The molecule has 1 heteroatoms. The summed E-state index contributed by atoms with van der Waals surface area (Å²) in [6.45, 7) is 7.60. The third-order valence-electron chi connectivity index (χ3n) is 2.47. The standard InChI is InChI=1S/C14H21N/c1-4-11-15-13(3)9-10-14-8-6-5-7-12(14)2/h5-10,13,15H,4,11H2,1-3H3/b10-9+. The minimum atomic E-state index is 0.449. The zero-order chi connectivity index (χ0) is 11.1. The highest BCUT2D eigenvalue weighted by molar-refractivity contribution is 5.53. The van der Waals surface area contributed by atoms with E-state index in [1.54, 1.807) is 0 Å². The lowest BCUT2D eigenvalue weighted by atomic mass is 10.1. The van der Waals surface area contributed by atoms with Gasteiger partial charge in [-0.1, -0.05) is 43.3 Å². The molecule has 15 heavy (non-hydrogen) atoms. The van der Waals surface area contributed by atoms with Crippen molar-refractivity contribution in [2.24, 2.45) is 0 Å². The number of benzene rings is 1. The van der Waals surface area contributed by atoms with Crippen molar-refractivity contribution in [3.63, 3.8) is 0 Å². The minimum Gasteiger partial charge on any atom is -0.311 e. The Hall–Kier alpha value is -1.08. The van der Waals surface area contributed by atoms with Crippen LogP contribution in [0.5, 0.6) is 0 Å². The van der Waals surface area contributed by atoms with Crippen LogP contribution in [-0.4, -0.2) is 12.6 Å². The van der Waals surface area contributed by atoms with Crippen molar-refractivity contribution in [3.05, 3.63) is 41.5 Å². The molecule has 0 spiro atoms. The van der Waals surface area contributed by atoms with Crippen molar-refractivity contribution in [1.82, 2.24) is 5.32 Å². The van der Waals surface area contributed by atoms with Crippen LogP contribution >= 0.6 is 0 Å². The summed E-state index contributed by atoms with van der Waals surface area (Å²) in [5.74, 6) is 0. The SMILES string of the molecule is CCCNC(C)/C=C/c1ccccc1C. The monoisotopic (exact) mass is 203 g/mol. The van der Waals surface area contributed by atoms with Gasteiger partial charge in [-0.2, -0.15) is 0 Å². The van der Waals surface area contributed by atoms with E-state index < -0.39 is 0 Å².